The van der Waals surface area contributed by atoms with Crippen molar-refractivity contribution in [3.05, 3.63) is 0 Å². The van der Waals surface area contributed by atoms with E-state index < -0.39 is 0 Å². The van der Waals surface area contributed by atoms with Crippen molar-refractivity contribution >= 4 is 11.9 Å². The summed E-state index contributed by atoms with van der Waals surface area (Å²) in [6.45, 7) is 11.9. The predicted octanol–water partition coefficient (Wildman–Crippen LogP) is 3.41. The van der Waals surface area contributed by atoms with E-state index in [1.165, 1.54) is 13.0 Å². The van der Waals surface area contributed by atoms with Crippen molar-refractivity contribution in [2.75, 3.05) is 12.8 Å². The van der Waals surface area contributed by atoms with Gasteiger partial charge in [-0.05, 0) is 26.5 Å². The number of nitrogens with zero attached hydrogens (tertiary/aromatic N) is 1. The van der Waals surface area contributed by atoms with E-state index in [1.807, 2.05) is 25.8 Å². The molecule has 0 aromatic carbocycles. The summed E-state index contributed by atoms with van der Waals surface area (Å²) in [4.78, 5) is 0. The standard InChI is InChI=1S/C7H17NS.C2H6/c1-5-6-8(9-4)7(2)3;1-2/h7H,5-6H2,1-4H3;1-2H3. The summed E-state index contributed by atoms with van der Waals surface area (Å²) in [5, 5.41) is 0. The Balaban J connectivity index is 0. The smallest absolute Gasteiger partial charge is 0.0145 e. The predicted molar refractivity (Wildman–Crippen MR) is 57.0 cm³/mol. The molecule has 0 aliphatic heterocycles. The number of hydrogen-bond donors (Lipinski definition) is 0. The van der Waals surface area contributed by atoms with E-state index in [1.54, 1.807) is 0 Å². The van der Waals surface area contributed by atoms with Gasteiger partial charge >= 0.3 is 0 Å². The first-order chi connectivity index (χ1) is 5.22. The zero-order valence-electron chi connectivity index (χ0n) is 8.85. The van der Waals surface area contributed by atoms with Crippen LogP contribution in [0.4, 0.5) is 0 Å². The van der Waals surface area contributed by atoms with Gasteiger partial charge < -0.3 is 0 Å². The van der Waals surface area contributed by atoms with Crippen LogP contribution >= 0.6 is 11.9 Å². The molecule has 0 rings (SSSR count). The highest BCUT2D eigenvalue weighted by molar-refractivity contribution is 7.96. The Labute approximate surface area is 76.7 Å². The maximum atomic E-state index is 2.39. The van der Waals surface area contributed by atoms with Gasteiger partial charge in [0, 0.05) is 12.6 Å². The van der Waals surface area contributed by atoms with Crippen molar-refractivity contribution in [2.24, 2.45) is 0 Å². The molecule has 0 fully saturated rings. The molecule has 0 saturated heterocycles. The fourth-order valence-corrected chi connectivity index (χ4v) is 1.57. The first-order valence-corrected chi connectivity index (χ1v) is 5.71. The fourth-order valence-electron chi connectivity index (χ4n) is 0.781. The van der Waals surface area contributed by atoms with Gasteiger partial charge in [0.1, 0.15) is 0 Å². The highest BCUT2D eigenvalue weighted by Crippen LogP contribution is 2.09. The maximum Gasteiger partial charge on any atom is 0.0145 e. The van der Waals surface area contributed by atoms with Crippen LogP contribution in [0, 0.1) is 0 Å². The first-order valence-electron chi connectivity index (χ1n) is 4.53. The zero-order valence-corrected chi connectivity index (χ0v) is 9.66. The fraction of sp³-hybridized carbons (Fsp3) is 1.00. The van der Waals surface area contributed by atoms with Crippen LogP contribution in [0.2, 0.25) is 0 Å². The van der Waals surface area contributed by atoms with Crippen molar-refractivity contribution in [2.45, 2.75) is 47.1 Å². The summed E-state index contributed by atoms with van der Waals surface area (Å²) >= 11 is 1.84. The minimum absolute atomic E-state index is 0.681. The Morgan fingerprint density at radius 1 is 1.27 bits per heavy atom. The molecule has 0 spiro atoms. The highest BCUT2D eigenvalue weighted by atomic mass is 32.2. The molecule has 0 aliphatic rings. The quantitative estimate of drug-likeness (QED) is 0.605. The van der Waals surface area contributed by atoms with E-state index in [2.05, 4.69) is 31.3 Å². The topological polar surface area (TPSA) is 3.24 Å². The lowest BCUT2D eigenvalue weighted by molar-refractivity contribution is 0.397. The Kier molecular flexibility index (Phi) is 13.0. The molecule has 0 heterocycles. The van der Waals surface area contributed by atoms with Crippen molar-refractivity contribution in [1.29, 1.82) is 0 Å². The average molecular weight is 177 g/mol. The van der Waals surface area contributed by atoms with Gasteiger partial charge in [0.2, 0.25) is 0 Å². The zero-order chi connectivity index (χ0) is 9.28. The van der Waals surface area contributed by atoms with Gasteiger partial charge in [0.05, 0.1) is 0 Å². The molecule has 2 heteroatoms. The van der Waals surface area contributed by atoms with Crippen molar-refractivity contribution in [1.82, 2.24) is 4.31 Å². The first kappa shape index (κ1) is 13.9. The van der Waals surface area contributed by atoms with Crippen LogP contribution in [0.15, 0.2) is 0 Å². The van der Waals surface area contributed by atoms with Crippen LogP contribution in [-0.2, 0) is 0 Å². The molecule has 0 unspecified atom stereocenters. The molecule has 0 aromatic heterocycles. The lowest BCUT2D eigenvalue weighted by Gasteiger charge is -2.22. The van der Waals surface area contributed by atoms with E-state index in [0.717, 1.165) is 0 Å². The Morgan fingerprint density at radius 2 is 1.73 bits per heavy atom. The van der Waals surface area contributed by atoms with Crippen LogP contribution in [0.1, 0.15) is 41.0 Å². The third kappa shape index (κ3) is 8.21. The summed E-state index contributed by atoms with van der Waals surface area (Å²) in [5.41, 5.74) is 0. The summed E-state index contributed by atoms with van der Waals surface area (Å²) in [6, 6.07) is 0.681. The van der Waals surface area contributed by atoms with Gasteiger partial charge in [-0.3, -0.25) is 0 Å². The maximum absolute atomic E-state index is 2.39. The summed E-state index contributed by atoms with van der Waals surface area (Å²) < 4.78 is 2.39. The molecule has 0 N–H and O–H groups in total. The summed E-state index contributed by atoms with van der Waals surface area (Å²) in [5.74, 6) is 0. The molecular formula is C9H23NS. The van der Waals surface area contributed by atoms with E-state index >= 15 is 0 Å². The van der Waals surface area contributed by atoms with Gasteiger partial charge in [-0.2, -0.15) is 0 Å². The normalized spacial score (nSPS) is 9.82. The number of rotatable bonds is 4. The molecule has 0 amide bonds. The molecule has 0 aliphatic carbocycles. The third-order valence-electron chi connectivity index (χ3n) is 1.25. The van der Waals surface area contributed by atoms with Crippen LogP contribution < -0.4 is 0 Å². The average Bonchev–Trinajstić information content (AvgIpc) is 2.03. The second kappa shape index (κ2) is 10.3. The van der Waals surface area contributed by atoms with Gasteiger partial charge in [-0.1, -0.05) is 32.7 Å². The molecule has 0 atom stereocenters. The van der Waals surface area contributed by atoms with Crippen molar-refractivity contribution in [3.63, 3.8) is 0 Å². The molecule has 70 valence electrons. The van der Waals surface area contributed by atoms with Gasteiger partial charge in [0.25, 0.3) is 0 Å². The van der Waals surface area contributed by atoms with E-state index in [9.17, 15) is 0 Å². The van der Waals surface area contributed by atoms with Crippen LogP contribution in [0.25, 0.3) is 0 Å². The minimum atomic E-state index is 0.681. The lowest BCUT2D eigenvalue weighted by atomic mass is 10.4. The Morgan fingerprint density at radius 3 is 1.82 bits per heavy atom. The lowest BCUT2D eigenvalue weighted by Crippen LogP contribution is -2.23. The summed E-state index contributed by atoms with van der Waals surface area (Å²) in [6.07, 6.45) is 3.38. The monoisotopic (exact) mass is 177 g/mol. The largest absolute Gasteiger partial charge is 0.248 e. The van der Waals surface area contributed by atoms with E-state index in [4.69, 9.17) is 0 Å². The van der Waals surface area contributed by atoms with Crippen molar-refractivity contribution < 1.29 is 0 Å². The second-order valence-corrected chi connectivity index (χ2v) is 3.25. The Hall–Kier alpha value is 0.310. The molecular weight excluding hydrogens is 154 g/mol. The van der Waals surface area contributed by atoms with E-state index in [0.29, 0.717) is 6.04 Å². The number of hydrogen-bond acceptors (Lipinski definition) is 2. The molecule has 0 bridgehead atoms. The highest BCUT2D eigenvalue weighted by Gasteiger charge is 2.04. The van der Waals surface area contributed by atoms with Gasteiger partial charge in [-0.15, -0.1) is 0 Å². The molecule has 11 heavy (non-hydrogen) atoms. The third-order valence-corrected chi connectivity index (χ3v) is 2.33. The molecule has 0 saturated carbocycles. The van der Waals surface area contributed by atoms with Crippen LogP contribution in [0.3, 0.4) is 0 Å². The molecule has 1 nitrogen and oxygen atoms in total. The Bertz CT molecular complexity index is 64.6. The van der Waals surface area contributed by atoms with Crippen molar-refractivity contribution in [3.8, 4) is 0 Å². The minimum Gasteiger partial charge on any atom is -0.248 e. The SMILES string of the molecule is CC.CCCN(SC)C(C)C. The van der Waals surface area contributed by atoms with Gasteiger partial charge in [0.15, 0.2) is 0 Å². The molecule has 0 aromatic rings. The summed E-state index contributed by atoms with van der Waals surface area (Å²) in [7, 11) is 0. The second-order valence-electron chi connectivity index (χ2n) is 2.42. The van der Waals surface area contributed by atoms with Gasteiger partial charge in [-0.25, -0.2) is 4.31 Å². The molecule has 0 radical (unpaired) electrons. The van der Waals surface area contributed by atoms with Crippen LogP contribution in [0.5, 0.6) is 0 Å². The van der Waals surface area contributed by atoms with Crippen LogP contribution in [-0.4, -0.2) is 23.1 Å². The van der Waals surface area contributed by atoms with E-state index in [-0.39, 0.29) is 0 Å².